The molecule has 6 saturated carbocycles. The predicted molar refractivity (Wildman–Crippen MR) is 576 cm³/mol. The number of ether oxygens (including phenoxy) is 7. The Morgan fingerprint density at radius 1 is 0.283 bits per heavy atom. The third kappa shape index (κ3) is 30.2. The van der Waals surface area contributed by atoms with Crippen LogP contribution in [-0.4, -0.2) is 120 Å². The van der Waals surface area contributed by atoms with Gasteiger partial charge in [-0.3, -0.25) is 57.5 Å². The van der Waals surface area contributed by atoms with Crippen molar-refractivity contribution in [3.63, 3.8) is 0 Å². The lowest BCUT2D eigenvalue weighted by Gasteiger charge is -2.13. The average molecular weight is 1990 g/mol. The molecule has 0 heterocycles. The van der Waals surface area contributed by atoms with E-state index in [0.29, 0.717) is 63.4 Å². The number of hydrogen-bond donors (Lipinski definition) is 0. The van der Waals surface area contributed by atoms with Crippen LogP contribution in [0.25, 0.3) is 0 Å². The minimum absolute atomic E-state index is 0.0532. The smallest absolute Gasteiger partial charge is 0.333 e. The molecule has 12 aliphatic rings. The van der Waals surface area contributed by atoms with Crippen LogP contribution in [0.2, 0.25) is 0 Å². The summed E-state index contributed by atoms with van der Waals surface area (Å²) in [6.45, 7) is 73.7. The molecule has 12 rings (SSSR count). The van der Waals surface area contributed by atoms with Crippen LogP contribution in [0.15, 0.2) is 235 Å². The van der Waals surface area contributed by atoms with Gasteiger partial charge in [-0.15, -0.1) is 0 Å². The number of allylic oxidation sites excluding steroid dienone is 31. The molecule has 0 aliphatic heterocycles. The zero-order valence-corrected chi connectivity index (χ0v) is 93.9. The SMILES string of the molecule is C/C=C\CC1=C(C)[C@@H](OC(=O)[C@@H]2[C@@H](C=C(C)C)C2(C)C)CC1=O.C/C=C\CC1=C(C)[C@@H](OC(=O)[C@@H]2[C@@H](C=C(C)C)C2(C)C)CC1=O.C=C/C=C\CC1=C(C)[C@@H](OC(=O)[C@@H]2[C@@H](C=C(C)C)C2(C)C)CC1=O.C=C/C=C\CC1=C(C)[C@@H](OC(=O)[C@@H]2[C@@H](C=C(C)C)C2(C)C)CC1=O.CC/C=C\CC1=C(C)[C@@H](OC(=O)[C@@H]2[C@@H](/C=C(\C)C(=O)OC)C2(C)C)CC1=O.CC/C=C\CC1=C(C)[C@@H](OC(=O)[C@@H]2[C@@H](C=C(C)C)C2(C)C)CC1=O. The van der Waals surface area contributed by atoms with Crippen LogP contribution in [0.3, 0.4) is 0 Å². The first-order chi connectivity index (χ1) is 67.6. The molecule has 20 heteroatoms. The van der Waals surface area contributed by atoms with E-state index >= 15 is 0 Å². The van der Waals surface area contributed by atoms with E-state index in [1.54, 1.807) is 25.2 Å². The van der Waals surface area contributed by atoms with Gasteiger partial charge >= 0.3 is 41.8 Å². The fraction of sp³-hybridized carbons (Fsp3) is 0.576. The average Bonchev–Trinajstić information content (AvgIpc) is 1.59. The first-order valence-electron chi connectivity index (χ1n) is 52.3. The first kappa shape index (κ1) is 121. The highest BCUT2D eigenvalue weighted by Crippen LogP contribution is 2.65. The highest BCUT2D eigenvalue weighted by Gasteiger charge is 2.67. The summed E-state index contributed by atoms with van der Waals surface area (Å²) >= 11 is 0. The van der Waals surface area contributed by atoms with Crippen molar-refractivity contribution in [1.82, 2.24) is 0 Å². The van der Waals surface area contributed by atoms with Crippen molar-refractivity contribution >= 4 is 76.5 Å². The predicted octanol–water partition coefficient (Wildman–Crippen LogP) is 26.6. The molecule has 145 heavy (non-hydrogen) atoms. The van der Waals surface area contributed by atoms with Gasteiger partial charge in [0.1, 0.15) is 36.6 Å². The molecule has 20 nitrogen and oxygen atoms in total. The van der Waals surface area contributed by atoms with Crippen molar-refractivity contribution in [2.24, 2.45) is 104 Å². The van der Waals surface area contributed by atoms with Crippen molar-refractivity contribution in [2.75, 3.05) is 7.11 Å². The van der Waals surface area contributed by atoms with E-state index in [9.17, 15) is 62.3 Å². The zero-order valence-electron chi connectivity index (χ0n) is 93.9. The van der Waals surface area contributed by atoms with Crippen molar-refractivity contribution < 1.29 is 95.5 Å². The number of rotatable bonds is 35. The Balaban J connectivity index is 0.000000236. The summed E-state index contributed by atoms with van der Waals surface area (Å²) in [5, 5.41) is 0. The van der Waals surface area contributed by atoms with Crippen LogP contribution < -0.4 is 0 Å². The number of methoxy groups -OCH3 is 1. The second-order valence-corrected chi connectivity index (χ2v) is 46.2. The molecule has 0 aromatic heterocycles. The van der Waals surface area contributed by atoms with Gasteiger partial charge in [0.15, 0.2) is 34.7 Å². The molecule has 0 amide bonds. The largest absolute Gasteiger partial charge is 0.466 e. The quantitative estimate of drug-likeness (QED) is 0.0187. The van der Waals surface area contributed by atoms with Crippen molar-refractivity contribution in [1.29, 1.82) is 0 Å². The monoisotopic (exact) mass is 1990 g/mol. The number of hydrogen-bond acceptors (Lipinski definition) is 20. The van der Waals surface area contributed by atoms with E-state index in [1.807, 2.05) is 198 Å². The highest BCUT2D eigenvalue weighted by molar-refractivity contribution is 6.04. The van der Waals surface area contributed by atoms with Crippen LogP contribution in [0.5, 0.6) is 0 Å². The molecular formula is C125H172O20. The van der Waals surface area contributed by atoms with Gasteiger partial charge in [-0.1, -0.05) is 259 Å². The molecule has 6 fully saturated rings. The van der Waals surface area contributed by atoms with Crippen molar-refractivity contribution in [3.8, 4) is 0 Å². The van der Waals surface area contributed by atoms with Gasteiger partial charge in [0.2, 0.25) is 0 Å². The minimum Gasteiger partial charge on any atom is -0.466 e. The Labute approximate surface area is 867 Å². The molecule has 0 spiro atoms. The molecule has 0 unspecified atom stereocenters. The maximum atomic E-state index is 12.7. The Morgan fingerprint density at radius 3 is 0.614 bits per heavy atom. The molecule has 18 atom stereocenters. The molecular weight excluding hydrogens is 1820 g/mol. The second kappa shape index (κ2) is 51.2. The lowest BCUT2D eigenvalue weighted by atomic mass is 10.1. The molecule has 12 aliphatic carbocycles. The summed E-state index contributed by atoms with van der Waals surface area (Å²) in [6.07, 6.45) is 44.1. The summed E-state index contributed by atoms with van der Waals surface area (Å²) in [4.78, 5) is 160. The van der Waals surface area contributed by atoms with E-state index in [2.05, 4.69) is 140 Å². The normalized spacial score (nSPS) is 28.4. The Morgan fingerprint density at radius 2 is 0.455 bits per heavy atom. The van der Waals surface area contributed by atoms with E-state index in [1.165, 1.54) is 35.0 Å². The van der Waals surface area contributed by atoms with Gasteiger partial charge in [0.05, 0.1) is 81.1 Å². The van der Waals surface area contributed by atoms with Crippen LogP contribution >= 0.6 is 0 Å². The molecule has 0 aromatic rings. The standard InChI is InChI=1S/C22H30O5.C21H30O3.2C21H28O3.2C20H28O3/c1-7-8-9-10-15-14(3)18(12-17(15)23)27-21(25)19-16(22(19,4)5)11-13(2)20(24)26-6;3*1-7-8-9-10-15-14(4)18(12-17(15)22)24-20(23)19-16(11-13(2)3)21(19,5)6;2*1-7-8-9-14-13(4)17(11-16(14)21)23-19(22)18-15(10-12(2)3)20(18,5)6/h8-9,11,16,18-19H,7,10,12H2,1-6H3;8-9,11,16,18-19H,7,10,12H2,1-6H3;2*7-9,11,16,18-19H,1,10,12H2,2-6H3;2*7-8,10,15,17-18H,9,11H2,1-6H3/b9-8-,13-11+;3*9-8-;2*8-7-/t4*16-,18+,19+;2*15-,17+,18+/m111111/s1. The van der Waals surface area contributed by atoms with Gasteiger partial charge in [-0.2, -0.15) is 0 Å². The van der Waals surface area contributed by atoms with Crippen molar-refractivity contribution in [3.05, 3.63) is 235 Å². The summed E-state index contributed by atoms with van der Waals surface area (Å²) < 4.78 is 39.0. The molecule has 0 aromatic carbocycles. The zero-order chi connectivity index (χ0) is 109. The van der Waals surface area contributed by atoms with Crippen LogP contribution in [0, 0.1) is 104 Å². The Bertz CT molecular complexity index is 5350. The number of carbonyl (C=O) groups excluding carboxylic acids is 13. The second-order valence-electron chi connectivity index (χ2n) is 46.2. The third-order valence-corrected chi connectivity index (χ3v) is 31.8. The highest BCUT2D eigenvalue weighted by atomic mass is 16.6. The number of Topliss-reactive ketones (excluding diaryl/α,β-unsaturated/α-hetero) is 6. The minimum atomic E-state index is -0.474. The van der Waals surface area contributed by atoms with Crippen LogP contribution in [0.1, 0.15) is 318 Å². The summed E-state index contributed by atoms with van der Waals surface area (Å²) in [5.74, 6) is -0.737. The third-order valence-electron chi connectivity index (χ3n) is 31.8. The van der Waals surface area contributed by atoms with Gasteiger partial charge in [0, 0.05) is 39.0 Å². The van der Waals surface area contributed by atoms with Gasteiger partial charge in [-0.05, 0) is 284 Å². The van der Waals surface area contributed by atoms with Crippen LogP contribution in [0.4, 0.5) is 0 Å². The first-order valence-corrected chi connectivity index (χ1v) is 52.3. The summed E-state index contributed by atoms with van der Waals surface area (Å²) in [6, 6.07) is 0. The molecule has 0 bridgehead atoms. The lowest BCUT2D eigenvalue weighted by Crippen LogP contribution is -2.20. The van der Waals surface area contributed by atoms with E-state index < -0.39 is 24.3 Å². The van der Waals surface area contributed by atoms with Crippen LogP contribution in [-0.2, 0) is 95.5 Å². The van der Waals surface area contributed by atoms with Gasteiger partial charge in [0.25, 0.3) is 0 Å². The van der Waals surface area contributed by atoms with Crippen molar-refractivity contribution in [2.45, 2.75) is 355 Å². The maximum absolute atomic E-state index is 12.7. The molecule has 0 saturated heterocycles. The topological polar surface area (TPSA) is 287 Å². The molecule has 0 radical (unpaired) electrons. The number of ketones is 6. The van der Waals surface area contributed by atoms with Gasteiger partial charge < -0.3 is 33.2 Å². The summed E-state index contributed by atoms with van der Waals surface area (Å²) in [7, 11) is 1.34. The number of esters is 7. The molecule has 792 valence electrons. The fourth-order valence-electron chi connectivity index (χ4n) is 21.6. The fourth-order valence-corrected chi connectivity index (χ4v) is 21.6. The van der Waals surface area contributed by atoms with E-state index in [-0.39, 0.29) is 212 Å². The summed E-state index contributed by atoms with van der Waals surface area (Å²) in [5.41, 5.74) is 16.1. The van der Waals surface area contributed by atoms with Gasteiger partial charge in [-0.25, -0.2) is 4.79 Å². The number of carbonyl (C=O) groups is 13. The maximum Gasteiger partial charge on any atom is 0.333 e. The molecule has 0 N–H and O–H groups in total. The lowest BCUT2D eigenvalue weighted by molar-refractivity contribution is -0.151. The van der Waals surface area contributed by atoms with E-state index in [0.717, 1.165) is 79.7 Å². The Kier molecular flexibility index (Phi) is 42.7. The Hall–Kier alpha value is -10.9. The van der Waals surface area contributed by atoms with E-state index in [4.69, 9.17) is 33.2 Å².